The molecule has 0 spiro atoms. The van der Waals surface area contributed by atoms with Gasteiger partial charge in [-0.1, -0.05) is 57.0 Å². The first-order chi connectivity index (χ1) is 16.1. The molecule has 0 aliphatic rings. The largest absolute Gasteiger partial charge is 0.494 e. The second kappa shape index (κ2) is 12.9. The molecule has 0 bridgehead atoms. The molecule has 0 saturated carbocycles. The zero-order valence-electron chi connectivity index (χ0n) is 19.4. The molecule has 178 valence electrons. The van der Waals surface area contributed by atoms with Gasteiger partial charge in [-0.05, 0) is 66.6 Å². The van der Waals surface area contributed by atoms with E-state index in [1.54, 1.807) is 12.1 Å². The van der Waals surface area contributed by atoms with Crippen molar-refractivity contribution in [2.45, 2.75) is 64.1 Å². The normalized spacial score (nSPS) is 13.4. The molecular weight excluding hydrogens is 452 g/mol. The van der Waals surface area contributed by atoms with Gasteiger partial charge in [0.25, 0.3) is 0 Å². The van der Waals surface area contributed by atoms with E-state index in [4.69, 9.17) is 9.47 Å². The minimum Gasteiger partial charge on any atom is -0.494 e. The van der Waals surface area contributed by atoms with Crippen molar-refractivity contribution in [1.29, 1.82) is 0 Å². The van der Waals surface area contributed by atoms with Crippen molar-refractivity contribution >= 4 is 28.6 Å². The first-order valence-corrected chi connectivity index (χ1v) is 13.5. The molecule has 0 radical (unpaired) electrons. The second-order valence-electron chi connectivity index (χ2n) is 8.39. The van der Waals surface area contributed by atoms with Crippen LogP contribution in [0.4, 0.5) is 0 Å². The SMILES string of the molecule is CCCCCC(OC(=O)C(O)(c1cccs1)c1cccs1)C(C)CCCOc1ccccc1. The van der Waals surface area contributed by atoms with Crippen LogP contribution in [0.15, 0.2) is 65.4 Å². The summed E-state index contributed by atoms with van der Waals surface area (Å²) < 4.78 is 11.9. The molecule has 6 heteroatoms. The van der Waals surface area contributed by atoms with Crippen molar-refractivity contribution < 1.29 is 19.4 Å². The highest BCUT2D eigenvalue weighted by Crippen LogP contribution is 2.37. The highest BCUT2D eigenvalue weighted by molar-refractivity contribution is 7.12. The second-order valence-corrected chi connectivity index (χ2v) is 10.3. The Bertz CT molecular complexity index is 888. The number of hydrogen-bond donors (Lipinski definition) is 1. The van der Waals surface area contributed by atoms with Crippen LogP contribution in [0, 0.1) is 5.92 Å². The van der Waals surface area contributed by atoms with Gasteiger partial charge >= 0.3 is 5.97 Å². The Hall–Kier alpha value is -2.15. The minimum atomic E-state index is -1.76. The van der Waals surface area contributed by atoms with Crippen molar-refractivity contribution in [2.75, 3.05) is 6.61 Å². The van der Waals surface area contributed by atoms with E-state index in [-0.39, 0.29) is 12.0 Å². The maximum absolute atomic E-state index is 13.4. The predicted octanol–water partition coefficient (Wildman–Crippen LogP) is 7.03. The van der Waals surface area contributed by atoms with Gasteiger partial charge in [-0.25, -0.2) is 4.79 Å². The monoisotopic (exact) mass is 486 g/mol. The lowest BCUT2D eigenvalue weighted by Crippen LogP contribution is -2.40. The van der Waals surface area contributed by atoms with Crippen LogP contribution < -0.4 is 4.74 Å². The Morgan fingerprint density at radius 2 is 1.61 bits per heavy atom. The fourth-order valence-electron chi connectivity index (χ4n) is 3.87. The lowest BCUT2D eigenvalue weighted by molar-refractivity contribution is -0.170. The van der Waals surface area contributed by atoms with Crippen molar-refractivity contribution in [1.82, 2.24) is 0 Å². The maximum atomic E-state index is 13.4. The van der Waals surface area contributed by atoms with Crippen LogP contribution in [0.3, 0.4) is 0 Å². The smallest absolute Gasteiger partial charge is 0.349 e. The summed E-state index contributed by atoms with van der Waals surface area (Å²) in [5.41, 5.74) is -1.76. The van der Waals surface area contributed by atoms with Crippen molar-refractivity contribution in [2.24, 2.45) is 5.92 Å². The molecule has 0 aliphatic heterocycles. The lowest BCUT2D eigenvalue weighted by atomic mass is 9.93. The highest BCUT2D eigenvalue weighted by Gasteiger charge is 2.45. The number of ether oxygens (including phenoxy) is 2. The molecular formula is C27H34O4S2. The molecule has 1 aromatic carbocycles. The number of para-hydroxylation sites is 1. The molecule has 0 saturated heterocycles. The van der Waals surface area contributed by atoms with Crippen LogP contribution in [-0.4, -0.2) is 23.8 Å². The van der Waals surface area contributed by atoms with Crippen LogP contribution in [0.2, 0.25) is 0 Å². The molecule has 4 nitrogen and oxygen atoms in total. The fourth-order valence-corrected chi connectivity index (χ4v) is 5.58. The Labute approximate surface area is 205 Å². The van der Waals surface area contributed by atoms with E-state index in [1.807, 2.05) is 53.2 Å². The Kier molecular flexibility index (Phi) is 9.97. The molecule has 2 heterocycles. The van der Waals surface area contributed by atoms with E-state index < -0.39 is 11.6 Å². The van der Waals surface area contributed by atoms with Gasteiger partial charge < -0.3 is 14.6 Å². The molecule has 3 aromatic rings. The zero-order valence-corrected chi connectivity index (χ0v) is 21.1. The van der Waals surface area contributed by atoms with Crippen molar-refractivity contribution in [3.8, 4) is 5.75 Å². The fraction of sp³-hybridized carbons (Fsp3) is 0.444. The van der Waals surface area contributed by atoms with Crippen LogP contribution >= 0.6 is 22.7 Å². The number of unbranched alkanes of at least 4 members (excludes halogenated alkanes) is 2. The number of carbonyl (C=O) groups is 1. The molecule has 3 rings (SSSR count). The summed E-state index contributed by atoms with van der Waals surface area (Å²) in [5.74, 6) is 0.454. The molecule has 2 atom stereocenters. The molecule has 2 unspecified atom stereocenters. The third kappa shape index (κ3) is 6.92. The molecule has 0 amide bonds. The van der Waals surface area contributed by atoms with Gasteiger partial charge in [-0.15, -0.1) is 22.7 Å². The quantitative estimate of drug-likeness (QED) is 0.196. The summed E-state index contributed by atoms with van der Waals surface area (Å²) in [6.45, 7) is 4.91. The number of carbonyl (C=O) groups excluding carboxylic acids is 1. The van der Waals surface area contributed by atoms with Crippen LogP contribution in [0.5, 0.6) is 5.75 Å². The Morgan fingerprint density at radius 1 is 0.939 bits per heavy atom. The number of thiophene rings is 2. The summed E-state index contributed by atoms with van der Waals surface area (Å²) in [6, 6.07) is 17.1. The summed E-state index contributed by atoms with van der Waals surface area (Å²) >= 11 is 2.73. The number of aliphatic hydroxyl groups is 1. The Balaban J connectivity index is 1.65. The van der Waals surface area contributed by atoms with E-state index in [9.17, 15) is 9.90 Å². The van der Waals surface area contributed by atoms with Gasteiger partial charge in [0.2, 0.25) is 5.60 Å². The van der Waals surface area contributed by atoms with Crippen molar-refractivity contribution in [3.63, 3.8) is 0 Å². The van der Waals surface area contributed by atoms with Gasteiger partial charge in [0, 0.05) is 0 Å². The topological polar surface area (TPSA) is 55.8 Å². The minimum absolute atomic E-state index is 0.168. The predicted molar refractivity (Wildman–Crippen MR) is 136 cm³/mol. The standard InChI is InChI=1S/C27H34O4S2/c1-3-4-6-15-23(21(2)12-9-18-30-22-13-7-5-8-14-22)31-26(28)27(29,24-16-10-19-32-24)25-17-11-20-33-25/h5,7-8,10-11,13-14,16-17,19-21,23,29H,3-4,6,9,12,15,18H2,1-2H3. The van der Waals surface area contributed by atoms with E-state index in [2.05, 4.69) is 13.8 Å². The molecule has 2 aromatic heterocycles. The van der Waals surface area contributed by atoms with Crippen LogP contribution in [-0.2, 0) is 15.1 Å². The molecule has 1 N–H and O–H groups in total. The summed E-state index contributed by atoms with van der Waals surface area (Å²) in [6.07, 6.45) is 5.51. The summed E-state index contributed by atoms with van der Waals surface area (Å²) in [7, 11) is 0. The molecule has 33 heavy (non-hydrogen) atoms. The summed E-state index contributed by atoms with van der Waals surface area (Å²) in [5, 5.41) is 15.3. The molecule has 0 aliphatic carbocycles. The van der Waals surface area contributed by atoms with Gasteiger partial charge in [0.15, 0.2) is 0 Å². The van der Waals surface area contributed by atoms with Crippen LogP contribution in [0.1, 0.15) is 62.1 Å². The van der Waals surface area contributed by atoms with E-state index in [1.165, 1.54) is 22.7 Å². The average Bonchev–Trinajstić information content (AvgIpc) is 3.56. The maximum Gasteiger partial charge on any atom is 0.349 e. The molecule has 0 fully saturated rings. The lowest BCUT2D eigenvalue weighted by Gasteiger charge is -2.30. The van der Waals surface area contributed by atoms with E-state index in [0.29, 0.717) is 16.4 Å². The van der Waals surface area contributed by atoms with E-state index >= 15 is 0 Å². The van der Waals surface area contributed by atoms with Gasteiger partial charge in [-0.3, -0.25) is 0 Å². The number of rotatable bonds is 14. The van der Waals surface area contributed by atoms with Gasteiger partial charge in [0.1, 0.15) is 11.9 Å². The first-order valence-electron chi connectivity index (χ1n) is 11.7. The average molecular weight is 487 g/mol. The third-order valence-corrected chi connectivity index (χ3v) is 7.81. The summed E-state index contributed by atoms with van der Waals surface area (Å²) in [4.78, 5) is 14.6. The third-order valence-electron chi connectivity index (χ3n) is 5.85. The van der Waals surface area contributed by atoms with Crippen LogP contribution in [0.25, 0.3) is 0 Å². The van der Waals surface area contributed by atoms with Crippen molar-refractivity contribution in [3.05, 3.63) is 75.1 Å². The number of benzene rings is 1. The highest BCUT2D eigenvalue weighted by atomic mass is 32.1. The van der Waals surface area contributed by atoms with Gasteiger partial charge in [-0.2, -0.15) is 0 Å². The first kappa shape index (κ1) is 25.5. The number of esters is 1. The Morgan fingerprint density at radius 3 is 2.18 bits per heavy atom. The van der Waals surface area contributed by atoms with E-state index in [0.717, 1.165) is 44.3 Å². The zero-order chi connectivity index (χ0) is 23.5. The number of hydrogen-bond acceptors (Lipinski definition) is 6. The van der Waals surface area contributed by atoms with Gasteiger partial charge in [0.05, 0.1) is 16.4 Å².